The summed E-state index contributed by atoms with van der Waals surface area (Å²) in [6.07, 6.45) is 0.851. The van der Waals surface area contributed by atoms with Crippen LogP contribution in [0, 0.1) is 13.8 Å². The quantitative estimate of drug-likeness (QED) is 0.607. The molecule has 1 heterocycles. The summed E-state index contributed by atoms with van der Waals surface area (Å²) in [6.45, 7) is 8.52. The molecule has 2 rings (SSSR count). The fraction of sp³-hybridized carbons (Fsp3) is 0.474. The number of nitrogens with one attached hydrogen (secondary N) is 1. The average Bonchev–Trinajstić information content (AvgIpc) is 2.99. The predicted molar refractivity (Wildman–Crippen MR) is 106 cm³/mol. The maximum atomic E-state index is 5.45. The van der Waals surface area contributed by atoms with Gasteiger partial charge < -0.3 is 15.0 Å². The first-order chi connectivity index (χ1) is 12.0. The van der Waals surface area contributed by atoms with E-state index in [-0.39, 0.29) is 0 Å². The zero-order valence-electron chi connectivity index (χ0n) is 15.8. The summed E-state index contributed by atoms with van der Waals surface area (Å²) < 4.78 is 5.45. The van der Waals surface area contributed by atoms with E-state index in [1.165, 1.54) is 11.1 Å². The summed E-state index contributed by atoms with van der Waals surface area (Å²) in [4.78, 5) is 11.4. The molecule has 6 heteroatoms. The van der Waals surface area contributed by atoms with Crippen LogP contribution in [0.2, 0.25) is 0 Å². The van der Waals surface area contributed by atoms with E-state index in [0.29, 0.717) is 6.54 Å². The molecule has 0 amide bonds. The van der Waals surface area contributed by atoms with Crippen LogP contribution in [0.25, 0.3) is 0 Å². The number of hydrogen-bond donors (Lipinski definition) is 1. The van der Waals surface area contributed by atoms with E-state index in [1.807, 2.05) is 20.0 Å². The van der Waals surface area contributed by atoms with Gasteiger partial charge in [-0.3, -0.25) is 4.99 Å². The van der Waals surface area contributed by atoms with Crippen molar-refractivity contribution in [1.29, 1.82) is 0 Å². The molecule has 25 heavy (non-hydrogen) atoms. The van der Waals surface area contributed by atoms with Crippen molar-refractivity contribution in [3.8, 4) is 5.75 Å². The fourth-order valence-corrected chi connectivity index (χ4v) is 3.26. The van der Waals surface area contributed by atoms with Gasteiger partial charge in [0.15, 0.2) is 5.96 Å². The van der Waals surface area contributed by atoms with Crippen LogP contribution in [-0.2, 0) is 13.0 Å². The largest absolute Gasteiger partial charge is 0.496 e. The van der Waals surface area contributed by atoms with Crippen molar-refractivity contribution in [3.63, 3.8) is 0 Å². The van der Waals surface area contributed by atoms with Crippen LogP contribution in [0.15, 0.2) is 28.6 Å². The van der Waals surface area contributed by atoms with E-state index in [4.69, 9.17) is 9.73 Å². The van der Waals surface area contributed by atoms with E-state index >= 15 is 0 Å². The molecule has 5 nitrogen and oxygen atoms in total. The van der Waals surface area contributed by atoms with Crippen molar-refractivity contribution in [2.75, 3.05) is 27.2 Å². The van der Waals surface area contributed by atoms with Gasteiger partial charge in [-0.15, -0.1) is 11.3 Å². The maximum absolute atomic E-state index is 5.45. The average molecular weight is 361 g/mol. The lowest BCUT2D eigenvalue weighted by molar-refractivity contribution is 0.409. The summed E-state index contributed by atoms with van der Waals surface area (Å²) in [5.74, 6) is 1.83. The summed E-state index contributed by atoms with van der Waals surface area (Å²) in [5, 5.41) is 6.55. The van der Waals surface area contributed by atoms with Gasteiger partial charge in [-0.05, 0) is 38.8 Å². The lowest BCUT2D eigenvalue weighted by atomic mass is 10.1. The minimum absolute atomic E-state index is 0.711. The summed E-state index contributed by atoms with van der Waals surface area (Å²) >= 11 is 1.68. The number of aliphatic imine (C=N–C) groups is 1. The minimum atomic E-state index is 0.711. The Morgan fingerprint density at radius 1 is 1.36 bits per heavy atom. The van der Waals surface area contributed by atoms with E-state index in [1.54, 1.807) is 18.4 Å². The third kappa shape index (κ3) is 5.74. The Hall–Kier alpha value is -2.08. The first kappa shape index (κ1) is 19.2. The molecule has 0 aliphatic rings. The molecule has 136 valence electrons. The van der Waals surface area contributed by atoms with Crippen LogP contribution in [-0.4, -0.2) is 43.1 Å². The smallest absolute Gasteiger partial charge is 0.194 e. The Bertz CT molecular complexity index is 711. The molecule has 1 aromatic carbocycles. The van der Waals surface area contributed by atoms with Gasteiger partial charge in [-0.1, -0.05) is 17.7 Å². The normalized spacial score (nSPS) is 11.5. The van der Waals surface area contributed by atoms with Crippen LogP contribution in [0.4, 0.5) is 0 Å². The van der Waals surface area contributed by atoms with Crippen molar-refractivity contribution < 1.29 is 4.74 Å². The van der Waals surface area contributed by atoms with Gasteiger partial charge >= 0.3 is 0 Å². The SMILES string of the molecule is CCNC(=NCCc1cc(C)ccc1OC)N(C)Cc1csc(C)n1. The molecular weight excluding hydrogens is 332 g/mol. The molecule has 0 bridgehead atoms. The molecule has 1 aromatic heterocycles. The number of guanidine groups is 1. The monoisotopic (exact) mass is 360 g/mol. The second-order valence-corrected chi connectivity index (χ2v) is 7.08. The van der Waals surface area contributed by atoms with Gasteiger partial charge in [-0.25, -0.2) is 4.98 Å². The molecule has 0 spiro atoms. The molecular formula is C19H28N4OS. The highest BCUT2D eigenvalue weighted by Gasteiger charge is 2.09. The van der Waals surface area contributed by atoms with E-state index in [9.17, 15) is 0 Å². The van der Waals surface area contributed by atoms with Gasteiger partial charge in [0.05, 0.1) is 24.4 Å². The fourth-order valence-electron chi connectivity index (χ4n) is 2.65. The van der Waals surface area contributed by atoms with E-state index in [2.05, 4.69) is 46.6 Å². The Morgan fingerprint density at radius 3 is 2.80 bits per heavy atom. The highest BCUT2D eigenvalue weighted by Crippen LogP contribution is 2.20. The van der Waals surface area contributed by atoms with Gasteiger partial charge in [0.1, 0.15) is 5.75 Å². The summed E-state index contributed by atoms with van der Waals surface area (Å²) in [5.41, 5.74) is 3.51. The van der Waals surface area contributed by atoms with Crippen molar-refractivity contribution in [1.82, 2.24) is 15.2 Å². The first-order valence-corrected chi connectivity index (χ1v) is 9.45. The Morgan fingerprint density at radius 2 is 2.16 bits per heavy atom. The topological polar surface area (TPSA) is 49.8 Å². The number of thiazole rings is 1. The molecule has 0 radical (unpaired) electrons. The predicted octanol–water partition coefficient (Wildman–Crippen LogP) is 3.41. The molecule has 0 aliphatic carbocycles. The van der Waals surface area contributed by atoms with Crippen molar-refractivity contribution >= 4 is 17.3 Å². The van der Waals surface area contributed by atoms with Gasteiger partial charge in [0.2, 0.25) is 0 Å². The van der Waals surface area contributed by atoms with Gasteiger partial charge in [0, 0.05) is 25.5 Å². The van der Waals surface area contributed by atoms with Gasteiger partial charge in [-0.2, -0.15) is 0 Å². The second-order valence-electron chi connectivity index (χ2n) is 6.01. The molecule has 0 atom stereocenters. The van der Waals surface area contributed by atoms with E-state index < -0.39 is 0 Å². The zero-order valence-corrected chi connectivity index (χ0v) is 16.6. The number of aryl methyl sites for hydroxylation is 2. The number of aromatic nitrogens is 1. The number of methoxy groups -OCH3 is 1. The Balaban J connectivity index is 2.02. The second kappa shape index (κ2) is 9.42. The molecule has 2 aromatic rings. The molecule has 0 aliphatic heterocycles. The van der Waals surface area contributed by atoms with Crippen molar-refractivity contribution in [3.05, 3.63) is 45.4 Å². The first-order valence-electron chi connectivity index (χ1n) is 8.57. The number of ether oxygens (including phenoxy) is 1. The number of benzene rings is 1. The molecule has 0 saturated heterocycles. The summed E-state index contributed by atoms with van der Waals surface area (Å²) in [7, 11) is 3.76. The Kier molecular flexibility index (Phi) is 7.25. The molecule has 0 unspecified atom stereocenters. The standard InChI is InChI=1S/C19H28N4OS/c1-6-20-19(23(4)12-17-13-25-15(3)22-17)21-10-9-16-11-14(2)7-8-18(16)24-5/h7-8,11,13H,6,9-10,12H2,1-5H3,(H,20,21). The molecule has 0 saturated carbocycles. The number of rotatable bonds is 7. The third-order valence-electron chi connectivity index (χ3n) is 3.84. The lowest BCUT2D eigenvalue weighted by Crippen LogP contribution is -2.38. The van der Waals surface area contributed by atoms with Crippen molar-refractivity contribution in [2.24, 2.45) is 4.99 Å². The zero-order chi connectivity index (χ0) is 18.2. The van der Waals surface area contributed by atoms with Crippen LogP contribution in [0.5, 0.6) is 5.75 Å². The summed E-state index contributed by atoms with van der Waals surface area (Å²) in [6, 6.07) is 6.26. The van der Waals surface area contributed by atoms with Crippen LogP contribution in [0.1, 0.15) is 28.8 Å². The maximum Gasteiger partial charge on any atom is 0.194 e. The van der Waals surface area contributed by atoms with Crippen LogP contribution < -0.4 is 10.1 Å². The van der Waals surface area contributed by atoms with Crippen LogP contribution >= 0.6 is 11.3 Å². The van der Waals surface area contributed by atoms with E-state index in [0.717, 1.165) is 41.9 Å². The number of nitrogens with zero attached hydrogens (tertiary/aromatic N) is 3. The van der Waals surface area contributed by atoms with Crippen LogP contribution in [0.3, 0.4) is 0 Å². The molecule has 0 fully saturated rings. The number of hydrogen-bond acceptors (Lipinski definition) is 4. The van der Waals surface area contributed by atoms with Gasteiger partial charge in [0.25, 0.3) is 0 Å². The highest BCUT2D eigenvalue weighted by molar-refractivity contribution is 7.09. The highest BCUT2D eigenvalue weighted by atomic mass is 32.1. The third-order valence-corrected chi connectivity index (χ3v) is 4.66. The minimum Gasteiger partial charge on any atom is -0.496 e. The molecule has 1 N–H and O–H groups in total. The van der Waals surface area contributed by atoms with Crippen molar-refractivity contribution in [2.45, 2.75) is 33.7 Å². The lowest BCUT2D eigenvalue weighted by Gasteiger charge is -2.21. The Labute approximate surface area is 154 Å².